The van der Waals surface area contributed by atoms with Crippen LogP contribution in [-0.4, -0.2) is 38.0 Å². The van der Waals surface area contributed by atoms with Crippen molar-refractivity contribution in [3.8, 4) is 0 Å². The molecule has 4 aromatic rings. The first-order valence-corrected chi connectivity index (χ1v) is 13.4. The lowest BCUT2D eigenvalue weighted by Crippen LogP contribution is -2.14. The lowest BCUT2D eigenvalue weighted by molar-refractivity contribution is -0.116. The number of nitrogens with zero attached hydrogens (tertiary/aromatic N) is 1. The molecule has 1 amide bonds. The van der Waals surface area contributed by atoms with E-state index in [4.69, 9.17) is 0 Å². The molecule has 0 spiro atoms. The molecule has 0 aliphatic carbocycles. The van der Waals surface area contributed by atoms with Crippen molar-refractivity contribution < 1.29 is 18.4 Å². The van der Waals surface area contributed by atoms with E-state index in [1.807, 2.05) is 24.3 Å². The minimum Gasteiger partial charge on any atom is -0.768 e. The molecule has 0 saturated heterocycles. The smallest absolute Gasteiger partial charge is 0.258 e. The molecule has 11 heteroatoms. The molecule has 1 heterocycles. The van der Waals surface area contributed by atoms with Gasteiger partial charge in [-0.15, -0.1) is 0 Å². The Kier molecular flexibility index (Phi) is 9.31. The molecule has 10 nitrogen and oxygen atoms in total. The van der Waals surface area contributed by atoms with Crippen molar-refractivity contribution in [2.24, 2.45) is 0 Å². The van der Waals surface area contributed by atoms with Crippen molar-refractivity contribution in [1.82, 2.24) is 15.3 Å². The number of fused-ring (bicyclic) bond motifs is 1. The van der Waals surface area contributed by atoms with Gasteiger partial charge in [-0.3, -0.25) is 13.8 Å². The van der Waals surface area contributed by atoms with E-state index >= 15 is 0 Å². The third kappa shape index (κ3) is 7.23. The number of anilines is 2. The van der Waals surface area contributed by atoms with Crippen LogP contribution in [0.3, 0.4) is 0 Å². The van der Waals surface area contributed by atoms with E-state index in [0.717, 1.165) is 17.4 Å². The Balaban J connectivity index is 1.31. The molecule has 0 radical (unpaired) electrons. The predicted molar refractivity (Wildman–Crippen MR) is 149 cm³/mol. The number of aromatic amines is 1. The van der Waals surface area contributed by atoms with E-state index in [1.54, 1.807) is 37.4 Å². The van der Waals surface area contributed by atoms with Crippen LogP contribution < -0.4 is 21.5 Å². The summed E-state index contributed by atoms with van der Waals surface area (Å²) in [6.45, 7) is 0.364. The summed E-state index contributed by atoms with van der Waals surface area (Å²) >= 11 is -2.35. The normalized spacial score (nSPS) is 12.6. The number of amides is 1. The van der Waals surface area contributed by atoms with E-state index in [1.165, 1.54) is 12.4 Å². The molecular weight excluding hydrogens is 518 g/mol. The van der Waals surface area contributed by atoms with Crippen molar-refractivity contribution in [2.75, 3.05) is 17.7 Å². The average molecular weight is 547 g/mol. The van der Waals surface area contributed by atoms with Gasteiger partial charge in [0.1, 0.15) is 12.3 Å². The maximum atomic E-state index is 12.4. The summed E-state index contributed by atoms with van der Waals surface area (Å²) in [6, 6.07) is 16.8. The van der Waals surface area contributed by atoms with Gasteiger partial charge in [-0.2, -0.15) is 0 Å². The number of hydrogen-bond acceptors (Lipinski definition) is 8. The largest absolute Gasteiger partial charge is 0.768 e. The van der Waals surface area contributed by atoms with E-state index in [0.29, 0.717) is 53.6 Å². The summed E-state index contributed by atoms with van der Waals surface area (Å²) in [4.78, 5) is 43.1. The van der Waals surface area contributed by atoms with Gasteiger partial charge in [-0.1, -0.05) is 24.3 Å². The van der Waals surface area contributed by atoms with Gasteiger partial charge in [0.2, 0.25) is 5.91 Å². The van der Waals surface area contributed by atoms with Crippen LogP contribution in [0, 0.1) is 0 Å². The van der Waals surface area contributed by atoms with Gasteiger partial charge in [0, 0.05) is 29.2 Å². The molecule has 2 unspecified atom stereocenters. The number of rotatable bonds is 12. The van der Waals surface area contributed by atoms with Crippen molar-refractivity contribution in [1.29, 1.82) is 0 Å². The molecule has 4 rings (SSSR count). The van der Waals surface area contributed by atoms with Crippen molar-refractivity contribution in [2.45, 2.75) is 36.7 Å². The second kappa shape index (κ2) is 13.1. The average Bonchev–Trinajstić information content (AvgIpc) is 2.93. The standard InChI is InChI=1S/C28H29N5O5S/c1-29-15-20-13-21(10-12-26(20)39(37)38)33-27(35)4-2-3-18-5-7-19(8-6-18)25(16-34)32-22-9-11-24-23(14-22)28(36)31-17-30-24/h5-14,16-17,25,29,32H,2-4,15H2,1H3,(H,33,35)(H,37,38)(H,30,31,36)/p-1. The Morgan fingerprint density at radius 3 is 2.59 bits per heavy atom. The molecule has 2 atom stereocenters. The van der Waals surface area contributed by atoms with Gasteiger partial charge >= 0.3 is 0 Å². The first kappa shape index (κ1) is 27.8. The highest BCUT2D eigenvalue weighted by molar-refractivity contribution is 7.79. The van der Waals surface area contributed by atoms with E-state index < -0.39 is 17.1 Å². The fourth-order valence-corrected chi connectivity index (χ4v) is 4.77. The number of benzene rings is 3. The first-order chi connectivity index (χ1) is 18.9. The molecular formula is C28H28N5O5S-. The fraction of sp³-hybridized carbons (Fsp3) is 0.214. The number of aldehydes is 1. The number of aryl methyl sites for hydroxylation is 1. The first-order valence-electron chi connectivity index (χ1n) is 12.3. The third-order valence-electron chi connectivity index (χ3n) is 6.20. The molecule has 0 aliphatic rings. The number of carbonyl (C=O) groups is 2. The SMILES string of the molecule is CNCc1cc(NC(=O)CCCc2ccc(C(C=O)Nc3ccc4nc[nH]c(=O)c4c3)cc2)ccc1S(=O)[O-]. The summed E-state index contributed by atoms with van der Waals surface area (Å²) < 4.78 is 22.7. The van der Waals surface area contributed by atoms with Crippen LogP contribution in [0.25, 0.3) is 10.9 Å². The molecule has 0 aliphatic heterocycles. The zero-order valence-electron chi connectivity index (χ0n) is 21.2. The Bertz CT molecular complexity index is 1550. The summed E-state index contributed by atoms with van der Waals surface area (Å²) in [6.07, 6.45) is 3.74. The minimum absolute atomic E-state index is 0.160. The second-order valence-corrected chi connectivity index (χ2v) is 9.86. The summed E-state index contributed by atoms with van der Waals surface area (Å²) in [5.74, 6) is -0.160. The Labute approximate surface area is 227 Å². The van der Waals surface area contributed by atoms with Gasteiger partial charge in [-0.25, -0.2) is 4.98 Å². The van der Waals surface area contributed by atoms with Crippen LogP contribution in [0.5, 0.6) is 0 Å². The molecule has 39 heavy (non-hydrogen) atoms. The van der Waals surface area contributed by atoms with Crippen molar-refractivity contribution in [3.63, 3.8) is 0 Å². The number of hydrogen-bond donors (Lipinski definition) is 4. The highest BCUT2D eigenvalue weighted by atomic mass is 32.2. The quantitative estimate of drug-likeness (QED) is 0.156. The molecule has 1 aromatic heterocycles. The summed E-state index contributed by atoms with van der Waals surface area (Å²) in [5, 5.41) is 9.32. The molecule has 3 aromatic carbocycles. The fourth-order valence-electron chi connectivity index (χ4n) is 4.25. The zero-order chi connectivity index (χ0) is 27.8. The monoisotopic (exact) mass is 546 g/mol. The molecule has 4 N–H and O–H groups in total. The van der Waals surface area contributed by atoms with Gasteiger partial charge in [0.05, 0.1) is 17.2 Å². The molecule has 0 saturated carbocycles. The predicted octanol–water partition coefficient (Wildman–Crippen LogP) is 3.19. The number of aromatic nitrogens is 2. The topological polar surface area (TPSA) is 156 Å². The highest BCUT2D eigenvalue weighted by Crippen LogP contribution is 2.22. The third-order valence-corrected chi connectivity index (χ3v) is 6.96. The lowest BCUT2D eigenvalue weighted by Gasteiger charge is -2.15. The van der Waals surface area contributed by atoms with Gasteiger partial charge in [-0.05, 0) is 84.1 Å². The number of carbonyl (C=O) groups excluding carboxylic acids is 2. The van der Waals surface area contributed by atoms with Crippen LogP contribution in [0.15, 0.2) is 76.7 Å². The molecule has 202 valence electrons. The van der Waals surface area contributed by atoms with Gasteiger partial charge in [0.25, 0.3) is 5.56 Å². The summed E-state index contributed by atoms with van der Waals surface area (Å²) in [5.41, 5.74) is 3.87. The van der Waals surface area contributed by atoms with Crippen molar-refractivity contribution >= 4 is 45.6 Å². The van der Waals surface area contributed by atoms with E-state index in [-0.39, 0.29) is 16.4 Å². The van der Waals surface area contributed by atoms with Crippen LogP contribution >= 0.6 is 0 Å². The summed E-state index contributed by atoms with van der Waals surface area (Å²) in [7, 11) is 1.72. The van der Waals surface area contributed by atoms with Gasteiger partial charge < -0.3 is 30.3 Å². The number of H-pyrrole nitrogens is 1. The van der Waals surface area contributed by atoms with E-state index in [9.17, 15) is 23.1 Å². The van der Waals surface area contributed by atoms with Crippen LogP contribution in [0.4, 0.5) is 11.4 Å². The highest BCUT2D eigenvalue weighted by Gasteiger charge is 2.12. The zero-order valence-corrected chi connectivity index (χ0v) is 22.0. The Hall–Kier alpha value is -4.19. The molecule has 0 bridgehead atoms. The van der Waals surface area contributed by atoms with Crippen LogP contribution in [0.1, 0.15) is 35.6 Å². The van der Waals surface area contributed by atoms with Crippen molar-refractivity contribution in [3.05, 3.63) is 94.0 Å². The minimum atomic E-state index is -2.35. The number of nitrogens with one attached hydrogen (secondary N) is 4. The maximum Gasteiger partial charge on any atom is 0.258 e. The lowest BCUT2D eigenvalue weighted by atomic mass is 10.0. The maximum absolute atomic E-state index is 12.4. The van der Waals surface area contributed by atoms with E-state index in [2.05, 4.69) is 25.9 Å². The molecule has 0 fully saturated rings. The Morgan fingerprint density at radius 2 is 1.87 bits per heavy atom. The second-order valence-electron chi connectivity index (χ2n) is 8.95. The van der Waals surface area contributed by atoms with Crippen LogP contribution in [-0.2, 0) is 33.6 Å². The van der Waals surface area contributed by atoms with Gasteiger partial charge in [0.15, 0.2) is 0 Å². The Morgan fingerprint density at radius 1 is 1.10 bits per heavy atom. The van der Waals surface area contributed by atoms with Crippen LogP contribution in [0.2, 0.25) is 0 Å².